The van der Waals surface area contributed by atoms with Crippen LogP contribution in [0.3, 0.4) is 0 Å². The van der Waals surface area contributed by atoms with Gasteiger partial charge < -0.3 is 10.3 Å². The number of rotatable bonds is 6. The first-order valence-corrected chi connectivity index (χ1v) is 7.11. The highest BCUT2D eigenvalue weighted by molar-refractivity contribution is 6.20. The highest BCUT2D eigenvalue weighted by Crippen LogP contribution is 2.27. The quantitative estimate of drug-likeness (QED) is 0.657. The molecule has 1 heterocycles. The SMILES string of the molecule is CC(Cl)c1nc2c(F)cc(F)cc2n1CCCCC(N)=O. The predicted molar refractivity (Wildman–Crippen MR) is 77.0 cm³/mol. The van der Waals surface area contributed by atoms with Gasteiger partial charge in [-0.3, -0.25) is 4.79 Å². The van der Waals surface area contributed by atoms with Crippen molar-refractivity contribution in [3.63, 3.8) is 0 Å². The number of unbranched alkanes of at least 4 members (excludes halogenated alkanes) is 1. The second-order valence-electron chi connectivity index (χ2n) is 4.92. The van der Waals surface area contributed by atoms with Gasteiger partial charge in [0.15, 0.2) is 5.82 Å². The number of aryl methyl sites for hydroxylation is 1. The van der Waals surface area contributed by atoms with Crippen molar-refractivity contribution in [2.45, 2.75) is 38.1 Å². The lowest BCUT2D eigenvalue weighted by Crippen LogP contribution is -2.11. The number of carbonyl (C=O) groups is 1. The van der Waals surface area contributed by atoms with E-state index in [0.717, 1.165) is 6.07 Å². The monoisotopic (exact) mass is 315 g/mol. The van der Waals surface area contributed by atoms with Crippen LogP contribution in [0.2, 0.25) is 0 Å². The van der Waals surface area contributed by atoms with Crippen molar-refractivity contribution in [3.8, 4) is 0 Å². The van der Waals surface area contributed by atoms with Gasteiger partial charge in [-0.1, -0.05) is 0 Å². The molecule has 0 radical (unpaired) electrons. The molecule has 1 aromatic heterocycles. The number of fused-ring (bicyclic) bond motifs is 1. The Labute approximate surface area is 125 Å². The molecule has 0 aliphatic carbocycles. The van der Waals surface area contributed by atoms with Crippen molar-refractivity contribution in [1.82, 2.24) is 9.55 Å². The number of alkyl halides is 1. The van der Waals surface area contributed by atoms with E-state index in [4.69, 9.17) is 17.3 Å². The van der Waals surface area contributed by atoms with Crippen LogP contribution < -0.4 is 5.73 Å². The van der Waals surface area contributed by atoms with Gasteiger partial charge in [0.2, 0.25) is 5.91 Å². The van der Waals surface area contributed by atoms with E-state index in [2.05, 4.69) is 4.98 Å². The summed E-state index contributed by atoms with van der Waals surface area (Å²) in [6.07, 6.45) is 1.52. The lowest BCUT2D eigenvalue weighted by atomic mass is 10.2. The van der Waals surface area contributed by atoms with E-state index in [1.54, 1.807) is 11.5 Å². The van der Waals surface area contributed by atoms with Crippen LogP contribution in [0.4, 0.5) is 8.78 Å². The van der Waals surface area contributed by atoms with E-state index in [1.165, 1.54) is 6.07 Å². The first-order valence-electron chi connectivity index (χ1n) is 6.67. The number of benzene rings is 1. The summed E-state index contributed by atoms with van der Waals surface area (Å²) in [6, 6.07) is 2.04. The van der Waals surface area contributed by atoms with Crippen molar-refractivity contribution < 1.29 is 13.6 Å². The third-order valence-corrected chi connectivity index (χ3v) is 3.41. The van der Waals surface area contributed by atoms with Gasteiger partial charge in [0.05, 0.1) is 10.9 Å². The Hall–Kier alpha value is -1.69. The van der Waals surface area contributed by atoms with E-state index < -0.39 is 17.0 Å². The molecule has 21 heavy (non-hydrogen) atoms. The summed E-state index contributed by atoms with van der Waals surface area (Å²) in [5.74, 6) is -1.25. The minimum absolute atomic E-state index is 0.105. The third kappa shape index (κ3) is 3.50. The standard InChI is InChI=1S/C14H16ClF2N3O/c1-8(15)14-19-13-10(17)6-9(16)7-11(13)20(14)5-3-2-4-12(18)21/h6-8H,2-5H2,1H3,(H2,18,21). The molecule has 1 atom stereocenters. The Kier molecular flexibility index (Phi) is 4.77. The van der Waals surface area contributed by atoms with Crippen molar-refractivity contribution in [1.29, 1.82) is 0 Å². The van der Waals surface area contributed by atoms with Crippen LogP contribution >= 0.6 is 11.6 Å². The summed E-state index contributed by atoms with van der Waals surface area (Å²) in [4.78, 5) is 14.9. The summed E-state index contributed by atoms with van der Waals surface area (Å²) in [6.45, 7) is 2.19. The molecule has 114 valence electrons. The molecule has 1 unspecified atom stereocenters. The van der Waals surface area contributed by atoms with Crippen molar-refractivity contribution in [2.24, 2.45) is 5.73 Å². The predicted octanol–water partition coefficient (Wildman–Crippen LogP) is 3.27. The number of amides is 1. The zero-order valence-electron chi connectivity index (χ0n) is 11.6. The minimum atomic E-state index is -0.709. The van der Waals surface area contributed by atoms with E-state index in [-0.39, 0.29) is 17.8 Å². The van der Waals surface area contributed by atoms with E-state index in [0.29, 0.717) is 30.7 Å². The number of aromatic nitrogens is 2. The van der Waals surface area contributed by atoms with E-state index in [9.17, 15) is 13.6 Å². The van der Waals surface area contributed by atoms with Gasteiger partial charge in [0, 0.05) is 19.0 Å². The van der Waals surface area contributed by atoms with Gasteiger partial charge in [-0.05, 0) is 25.8 Å². The number of halogens is 3. The number of nitrogens with zero attached hydrogens (tertiary/aromatic N) is 2. The number of nitrogens with two attached hydrogens (primary N) is 1. The van der Waals surface area contributed by atoms with Crippen LogP contribution in [0.1, 0.15) is 37.4 Å². The van der Waals surface area contributed by atoms with Gasteiger partial charge in [0.1, 0.15) is 17.2 Å². The summed E-state index contributed by atoms with van der Waals surface area (Å²) in [7, 11) is 0. The van der Waals surface area contributed by atoms with Crippen molar-refractivity contribution >= 4 is 28.5 Å². The average molecular weight is 316 g/mol. The first-order chi connectivity index (χ1) is 9.90. The second-order valence-corrected chi connectivity index (χ2v) is 5.57. The smallest absolute Gasteiger partial charge is 0.217 e. The maximum absolute atomic E-state index is 13.8. The summed E-state index contributed by atoms with van der Waals surface area (Å²) < 4.78 is 28.9. The van der Waals surface area contributed by atoms with Crippen molar-refractivity contribution in [2.75, 3.05) is 0 Å². The highest BCUT2D eigenvalue weighted by atomic mass is 35.5. The number of primary amides is 1. The molecule has 0 bridgehead atoms. The Morgan fingerprint density at radius 1 is 1.43 bits per heavy atom. The topological polar surface area (TPSA) is 60.9 Å². The van der Waals surface area contributed by atoms with Crippen LogP contribution in [0.25, 0.3) is 11.0 Å². The molecule has 0 aliphatic rings. The molecule has 7 heteroatoms. The second kappa shape index (κ2) is 6.39. The van der Waals surface area contributed by atoms with E-state index >= 15 is 0 Å². The van der Waals surface area contributed by atoms with Gasteiger partial charge >= 0.3 is 0 Å². The van der Waals surface area contributed by atoms with Gasteiger partial charge in [-0.15, -0.1) is 11.6 Å². The Bertz CT molecular complexity index is 670. The normalized spacial score (nSPS) is 12.8. The van der Waals surface area contributed by atoms with Gasteiger partial charge in [0.25, 0.3) is 0 Å². The molecular formula is C14H16ClF2N3O. The fourth-order valence-electron chi connectivity index (χ4n) is 2.27. The lowest BCUT2D eigenvalue weighted by Gasteiger charge is -2.10. The molecule has 2 N–H and O–H groups in total. The number of hydrogen-bond acceptors (Lipinski definition) is 2. The van der Waals surface area contributed by atoms with Crippen LogP contribution in [0, 0.1) is 11.6 Å². The number of imidazole rings is 1. The molecule has 2 rings (SSSR count). The van der Waals surface area contributed by atoms with Gasteiger partial charge in [-0.2, -0.15) is 0 Å². The summed E-state index contributed by atoms with van der Waals surface area (Å²) in [5.41, 5.74) is 5.56. The van der Waals surface area contributed by atoms with Crippen LogP contribution in [0.5, 0.6) is 0 Å². The highest BCUT2D eigenvalue weighted by Gasteiger charge is 2.18. The molecule has 4 nitrogen and oxygen atoms in total. The Morgan fingerprint density at radius 2 is 2.14 bits per heavy atom. The fourth-order valence-corrected chi connectivity index (χ4v) is 2.44. The molecule has 0 aliphatic heterocycles. The summed E-state index contributed by atoms with van der Waals surface area (Å²) in [5, 5.41) is -0.434. The lowest BCUT2D eigenvalue weighted by molar-refractivity contribution is -0.118. The van der Waals surface area contributed by atoms with Crippen LogP contribution in [0.15, 0.2) is 12.1 Å². The number of hydrogen-bond donors (Lipinski definition) is 1. The third-order valence-electron chi connectivity index (χ3n) is 3.21. The number of carbonyl (C=O) groups excluding carboxylic acids is 1. The Balaban J connectivity index is 2.34. The molecule has 0 fully saturated rings. The fraction of sp³-hybridized carbons (Fsp3) is 0.429. The maximum Gasteiger partial charge on any atom is 0.217 e. The molecule has 1 aromatic carbocycles. The average Bonchev–Trinajstić information content (AvgIpc) is 2.73. The van der Waals surface area contributed by atoms with Crippen molar-refractivity contribution in [3.05, 3.63) is 29.6 Å². The largest absolute Gasteiger partial charge is 0.370 e. The van der Waals surface area contributed by atoms with Crippen LogP contribution in [-0.2, 0) is 11.3 Å². The minimum Gasteiger partial charge on any atom is -0.370 e. The van der Waals surface area contributed by atoms with Crippen LogP contribution in [-0.4, -0.2) is 15.5 Å². The molecule has 0 spiro atoms. The summed E-state index contributed by atoms with van der Waals surface area (Å²) >= 11 is 6.06. The first kappa shape index (κ1) is 15.7. The molecule has 2 aromatic rings. The van der Waals surface area contributed by atoms with Gasteiger partial charge in [-0.25, -0.2) is 13.8 Å². The zero-order chi connectivity index (χ0) is 15.6. The zero-order valence-corrected chi connectivity index (χ0v) is 12.3. The Morgan fingerprint density at radius 3 is 2.76 bits per heavy atom. The molecule has 0 saturated heterocycles. The molecule has 0 saturated carbocycles. The molecule has 1 amide bonds. The van der Waals surface area contributed by atoms with E-state index in [1.807, 2.05) is 0 Å². The molecular weight excluding hydrogens is 300 g/mol. The maximum atomic E-state index is 13.8.